The van der Waals surface area contributed by atoms with Gasteiger partial charge in [0, 0.05) is 0 Å². The summed E-state index contributed by atoms with van der Waals surface area (Å²) in [7, 11) is 0. The Morgan fingerprint density at radius 3 is 2.59 bits per heavy atom. The number of rotatable bonds is 4. The Kier molecular flexibility index (Phi) is 4.61. The number of hydrogen-bond acceptors (Lipinski definition) is 1. The second-order valence-corrected chi connectivity index (χ2v) is 5.47. The first kappa shape index (κ1) is 12.6. The van der Waals surface area contributed by atoms with Gasteiger partial charge in [0.05, 0.1) is 6.10 Å². The predicted octanol–water partition coefficient (Wildman–Crippen LogP) is 4.33. The summed E-state index contributed by atoms with van der Waals surface area (Å²) in [4.78, 5) is 0. The molecule has 3 atom stereocenters. The van der Waals surface area contributed by atoms with Crippen LogP contribution in [0.2, 0.25) is 0 Å². The SMILES string of the molecule is CCC1CCCC(CC(O)c2ccccc2)C1. The van der Waals surface area contributed by atoms with Crippen LogP contribution in [-0.2, 0) is 0 Å². The molecule has 17 heavy (non-hydrogen) atoms. The lowest BCUT2D eigenvalue weighted by molar-refractivity contribution is 0.119. The van der Waals surface area contributed by atoms with Crippen molar-refractivity contribution >= 4 is 0 Å². The molecule has 1 fully saturated rings. The number of hydrogen-bond donors (Lipinski definition) is 1. The van der Waals surface area contributed by atoms with Crippen LogP contribution in [0, 0.1) is 11.8 Å². The van der Waals surface area contributed by atoms with Crippen LogP contribution < -0.4 is 0 Å². The van der Waals surface area contributed by atoms with Crippen molar-refractivity contribution in [2.75, 3.05) is 0 Å². The predicted molar refractivity (Wildman–Crippen MR) is 71.8 cm³/mol. The fraction of sp³-hybridized carbons (Fsp3) is 0.625. The molecule has 0 heterocycles. The topological polar surface area (TPSA) is 20.2 Å². The third-order valence-corrected chi connectivity index (χ3v) is 4.21. The van der Waals surface area contributed by atoms with Gasteiger partial charge in [-0.05, 0) is 30.2 Å². The largest absolute Gasteiger partial charge is 0.388 e. The molecule has 0 aliphatic heterocycles. The van der Waals surface area contributed by atoms with Crippen LogP contribution in [0.5, 0.6) is 0 Å². The van der Waals surface area contributed by atoms with Crippen molar-refractivity contribution in [1.82, 2.24) is 0 Å². The highest BCUT2D eigenvalue weighted by Crippen LogP contribution is 2.36. The van der Waals surface area contributed by atoms with Crippen LogP contribution in [0.25, 0.3) is 0 Å². The molecule has 1 heteroatoms. The maximum Gasteiger partial charge on any atom is 0.0792 e. The summed E-state index contributed by atoms with van der Waals surface area (Å²) in [6, 6.07) is 10.1. The number of aliphatic hydroxyl groups excluding tert-OH is 1. The molecule has 0 radical (unpaired) electrons. The molecule has 2 rings (SSSR count). The minimum Gasteiger partial charge on any atom is -0.388 e. The van der Waals surface area contributed by atoms with Crippen LogP contribution in [0.4, 0.5) is 0 Å². The third kappa shape index (κ3) is 3.57. The molecule has 3 unspecified atom stereocenters. The monoisotopic (exact) mass is 232 g/mol. The summed E-state index contributed by atoms with van der Waals surface area (Å²) in [6.07, 6.45) is 7.36. The molecule has 0 spiro atoms. The van der Waals surface area contributed by atoms with E-state index in [0.29, 0.717) is 0 Å². The Labute approximate surface area is 105 Å². The van der Waals surface area contributed by atoms with Crippen molar-refractivity contribution in [2.45, 2.75) is 51.6 Å². The van der Waals surface area contributed by atoms with Gasteiger partial charge in [-0.25, -0.2) is 0 Å². The van der Waals surface area contributed by atoms with Crippen LogP contribution in [0.1, 0.15) is 57.1 Å². The average Bonchev–Trinajstić information content (AvgIpc) is 2.40. The molecule has 0 bridgehead atoms. The van der Waals surface area contributed by atoms with Gasteiger partial charge in [0.25, 0.3) is 0 Å². The van der Waals surface area contributed by atoms with E-state index in [4.69, 9.17) is 0 Å². The van der Waals surface area contributed by atoms with Crippen molar-refractivity contribution < 1.29 is 5.11 Å². The Bertz CT molecular complexity index is 320. The van der Waals surface area contributed by atoms with E-state index in [0.717, 1.165) is 23.8 Å². The van der Waals surface area contributed by atoms with E-state index >= 15 is 0 Å². The summed E-state index contributed by atoms with van der Waals surface area (Å²) in [5, 5.41) is 10.2. The molecule has 1 aromatic rings. The quantitative estimate of drug-likeness (QED) is 0.819. The smallest absolute Gasteiger partial charge is 0.0792 e. The molecule has 1 N–H and O–H groups in total. The zero-order chi connectivity index (χ0) is 12.1. The normalized spacial score (nSPS) is 26.7. The maximum atomic E-state index is 10.2. The first-order valence-electron chi connectivity index (χ1n) is 7.02. The van der Waals surface area contributed by atoms with E-state index in [9.17, 15) is 5.11 Å². The summed E-state index contributed by atoms with van der Waals surface area (Å²) >= 11 is 0. The zero-order valence-electron chi connectivity index (χ0n) is 10.8. The minimum atomic E-state index is -0.267. The van der Waals surface area contributed by atoms with Gasteiger partial charge in [-0.15, -0.1) is 0 Å². The summed E-state index contributed by atoms with van der Waals surface area (Å²) in [5.41, 5.74) is 1.08. The Hall–Kier alpha value is -0.820. The standard InChI is InChI=1S/C16H24O/c1-2-13-7-6-8-14(11-13)12-16(17)15-9-4-3-5-10-15/h3-5,9-10,13-14,16-17H,2,6-8,11-12H2,1H3. The van der Waals surface area contributed by atoms with Crippen LogP contribution >= 0.6 is 0 Å². The fourth-order valence-corrected chi connectivity index (χ4v) is 3.11. The molecule has 0 saturated heterocycles. The van der Waals surface area contributed by atoms with E-state index in [1.54, 1.807) is 0 Å². The molecule has 1 aliphatic carbocycles. The van der Waals surface area contributed by atoms with E-state index in [2.05, 4.69) is 6.92 Å². The number of benzene rings is 1. The Balaban J connectivity index is 1.88. The molecule has 0 aromatic heterocycles. The lowest BCUT2D eigenvalue weighted by atomic mass is 9.77. The highest BCUT2D eigenvalue weighted by molar-refractivity contribution is 5.17. The Morgan fingerprint density at radius 2 is 1.88 bits per heavy atom. The molecular formula is C16H24O. The highest BCUT2D eigenvalue weighted by atomic mass is 16.3. The molecule has 1 saturated carbocycles. The highest BCUT2D eigenvalue weighted by Gasteiger charge is 2.23. The average molecular weight is 232 g/mol. The lowest BCUT2D eigenvalue weighted by Crippen LogP contribution is -2.17. The van der Waals surface area contributed by atoms with Gasteiger partial charge < -0.3 is 5.11 Å². The minimum absolute atomic E-state index is 0.267. The van der Waals surface area contributed by atoms with E-state index in [-0.39, 0.29) is 6.10 Å². The van der Waals surface area contributed by atoms with Crippen molar-refractivity contribution in [3.05, 3.63) is 35.9 Å². The van der Waals surface area contributed by atoms with Gasteiger partial charge in [-0.1, -0.05) is 62.9 Å². The van der Waals surface area contributed by atoms with Crippen molar-refractivity contribution in [1.29, 1.82) is 0 Å². The van der Waals surface area contributed by atoms with Crippen LogP contribution in [-0.4, -0.2) is 5.11 Å². The molecular weight excluding hydrogens is 208 g/mol. The number of aliphatic hydroxyl groups is 1. The fourth-order valence-electron chi connectivity index (χ4n) is 3.11. The van der Waals surface area contributed by atoms with Crippen molar-refractivity contribution in [3.63, 3.8) is 0 Å². The second kappa shape index (κ2) is 6.20. The summed E-state index contributed by atoms with van der Waals surface area (Å²) < 4.78 is 0. The molecule has 1 aromatic carbocycles. The van der Waals surface area contributed by atoms with Gasteiger partial charge in [-0.2, -0.15) is 0 Å². The third-order valence-electron chi connectivity index (χ3n) is 4.21. The van der Waals surface area contributed by atoms with Gasteiger partial charge in [0.2, 0.25) is 0 Å². The molecule has 1 nitrogen and oxygen atoms in total. The zero-order valence-corrected chi connectivity index (χ0v) is 10.8. The van der Waals surface area contributed by atoms with Gasteiger partial charge in [0.1, 0.15) is 0 Å². The van der Waals surface area contributed by atoms with Gasteiger partial charge in [-0.3, -0.25) is 0 Å². The van der Waals surface area contributed by atoms with Gasteiger partial charge in [0.15, 0.2) is 0 Å². The van der Waals surface area contributed by atoms with Crippen LogP contribution in [0.3, 0.4) is 0 Å². The van der Waals surface area contributed by atoms with E-state index in [1.807, 2.05) is 30.3 Å². The van der Waals surface area contributed by atoms with Crippen molar-refractivity contribution in [3.8, 4) is 0 Å². The van der Waals surface area contributed by atoms with E-state index < -0.39 is 0 Å². The molecule has 1 aliphatic rings. The lowest BCUT2D eigenvalue weighted by Gasteiger charge is -2.29. The van der Waals surface area contributed by atoms with E-state index in [1.165, 1.54) is 32.1 Å². The first-order valence-corrected chi connectivity index (χ1v) is 7.02. The van der Waals surface area contributed by atoms with Crippen LogP contribution in [0.15, 0.2) is 30.3 Å². The van der Waals surface area contributed by atoms with Crippen molar-refractivity contribution in [2.24, 2.45) is 11.8 Å². The Morgan fingerprint density at radius 1 is 1.18 bits per heavy atom. The molecule has 0 amide bonds. The second-order valence-electron chi connectivity index (χ2n) is 5.47. The van der Waals surface area contributed by atoms with Gasteiger partial charge >= 0.3 is 0 Å². The first-order chi connectivity index (χ1) is 8.29. The summed E-state index contributed by atoms with van der Waals surface area (Å²) in [6.45, 7) is 2.29. The summed E-state index contributed by atoms with van der Waals surface area (Å²) in [5.74, 6) is 1.63. The molecule has 94 valence electrons. The maximum absolute atomic E-state index is 10.2.